The van der Waals surface area contributed by atoms with Crippen LogP contribution in [0.25, 0.3) is 0 Å². The van der Waals surface area contributed by atoms with Crippen molar-refractivity contribution in [3.63, 3.8) is 0 Å². The van der Waals surface area contributed by atoms with Crippen LogP contribution in [0.1, 0.15) is 36.0 Å². The van der Waals surface area contributed by atoms with Gasteiger partial charge in [-0.25, -0.2) is 4.79 Å². The van der Waals surface area contributed by atoms with Crippen LogP contribution < -0.4 is 4.90 Å². The Kier molecular flexibility index (Phi) is 3.42. The number of rotatable bonds is 2. The topological polar surface area (TPSA) is 66.6 Å². The van der Waals surface area contributed by atoms with E-state index in [1.807, 2.05) is 6.92 Å². The molecule has 8 heteroatoms. The number of carboxylic acids is 1. The first kappa shape index (κ1) is 13.7. The van der Waals surface area contributed by atoms with Crippen LogP contribution in [0, 0.1) is 5.92 Å². The molecule has 0 aliphatic carbocycles. The monoisotopic (exact) mass is 278 g/mol. The molecule has 2 rings (SSSR count). The quantitative estimate of drug-likeness (QED) is 0.900. The first-order valence-corrected chi connectivity index (χ1v) is 5.85. The molecular formula is C11H13F3N2O3. The standard InChI is InChI=1S/C11H13F3N2O3/c1-6-3-2-4-16(5-6)10-15-8(11(12,13)14)7(19-10)9(17)18/h6H,2-5H2,1H3,(H,17,18). The summed E-state index contributed by atoms with van der Waals surface area (Å²) in [6.07, 6.45) is -3.04. The van der Waals surface area contributed by atoms with Gasteiger partial charge < -0.3 is 14.4 Å². The second-order valence-corrected chi connectivity index (χ2v) is 4.67. The average Bonchev–Trinajstić information content (AvgIpc) is 2.73. The van der Waals surface area contributed by atoms with Gasteiger partial charge in [0, 0.05) is 13.1 Å². The van der Waals surface area contributed by atoms with Crippen LogP contribution in [-0.4, -0.2) is 29.1 Å². The largest absolute Gasteiger partial charge is 0.475 e. The zero-order valence-corrected chi connectivity index (χ0v) is 10.2. The van der Waals surface area contributed by atoms with Gasteiger partial charge in [-0.05, 0) is 18.8 Å². The first-order chi connectivity index (χ1) is 8.79. The smallest absolute Gasteiger partial charge is 0.437 e. The van der Waals surface area contributed by atoms with Crippen LogP contribution in [0.15, 0.2) is 4.42 Å². The predicted octanol–water partition coefficient (Wildman–Crippen LogP) is 2.63. The molecule has 5 nitrogen and oxygen atoms in total. The minimum Gasteiger partial charge on any atom is -0.475 e. The third-order valence-corrected chi connectivity index (χ3v) is 3.01. The van der Waals surface area contributed by atoms with Gasteiger partial charge in [0.05, 0.1) is 0 Å². The van der Waals surface area contributed by atoms with Crippen molar-refractivity contribution in [2.75, 3.05) is 18.0 Å². The molecule has 1 atom stereocenters. The first-order valence-electron chi connectivity index (χ1n) is 5.85. The van der Waals surface area contributed by atoms with Crippen LogP contribution in [0.2, 0.25) is 0 Å². The molecule has 0 radical (unpaired) electrons. The Morgan fingerprint density at radius 2 is 2.21 bits per heavy atom. The van der Waals surface area contributed by atoms with Crippen molar-refractivity contribution in [2.24, 2.45) is 5.92 Å². The van der Waals surface area contributed by atoms with E-state index < -0.39 is 23.6 Å². The van der Waals surface area contributed by atoms with E-state index in [4.69, 9.17) is 9.52 Å². The summed E-state index contributed by atoms with van der Waals surface area (Å²) in [5.41, 5.74) is -1.48. The van der Waals surface area contributed by atoms with Crippen molar-refractivity contribution < 1.29 is 27.5 Å². The Balaban J connectivity index is 2.35. The Labute approximate surface area is 107 Å². The molecule has 1 saturated heterocycles. The molecule has 0 amide bonds. The Morgan fingerprint density at radius 1 is 1.53 bits per heavy atom. The Hall–Kier alpha value is -1.73. The van der Waals surface area contributed by atoms with Gasteiger partial charge in [-0.2, -0.15) is 18.2 Å². The van der Waals surface area contributed by atoms with Crippen molar-refractivity contribution in [1.29, 1.82) is 0 Å². The van der Waals surface area contributed by atoms with Crippen molar-refractivity contribution in [2.45, 2.75) is 25.9 Å². The fraction of sp³-hybridized carbons (Fsp3) is 0.636. The molecule has 1 fully saturated rings. The highest BCUT2D eigenvalue weighted by molar-refractivity contribution is 5.86. The average molecular weight is 278 g/mol. The fourth-order valence-electron chi connectivity index (χ4n) is 2.14. The minimum absolute atomic E-state index is 0.267. The molecule has 1 N–H and O–H groups in total. The number of nitrogens with zero attached hydrogens (tertiary/aromatic N) is 2. The number of oxazole rings is 1. The van der Waals surface area contributed by atoms with E-state index in [-0.39, 0.29) is 6.01 Å². The normalized spacial score (nSPS) is 20.6. The second-order valence-electron chi connectivity index (χ2n) is 4.67. The number of aromatic carboxylic acids is 1. The van der Waals surface area contributed by atoms with Crippen LogP contribution in [0.4, 0.5) is 19.2 Å². The van der Waals surface area contributed by atoms with Gasteiger partial charge in [0.15, 0.2) is 5.69 Å². The summed E-state index contributed by atoms with van der Waals surface area (Å²) in [4.78, 5) is 15.6. The molecule has 2 heterocycles. The van der Waals surface area contributed by atoms with Crippen LogP contribution in [-0.2, 0) is 6.18 Å². The highest BCUT2D eigenvalue weighted by Gasteiger charge is 2.42. The number of carboxylic acid groups (broad SMARTS) is 1. The van der Waals surface area contributed by atoms with Crippen molar-refractivity contribution in [3.8, 4) is 0 Å². The molecule has 0 aromatic carbocycles. The molecular weight excluding hydrogens is 265 g/mol. The minimum atomic E-state index is -4.84. The molecule has 1 unspecified atom stereocenters. The maximum Gasteiger partial charge on any atom is 0.437 e. The summed E-state index contributed by atoms with van der Waals surface area (Å²) in [5, 5.41) is 8.74. The molecule has 106 valence electrons. The van der Waals surface area contributed by atoms with E-state index in [1.165, 1.54) is 0 Å². The number of carbonyl (C=O) groups is 1. The number of aromatic nitrogens is 1. The SMILES string of the molecule is CC1CCCN(c2nc(C(F)(F)F)c(C(=O)O)o2)C1. The van der Waals surface area contributed by atoms with E-state index in [0.29, 0.717) is 19.0 Å². The third-order valence-electron chi connectivity index (χ3n) is 3.01. The van der Waals surface area contributed by atoms with Gasteiger partial charge >= 0.3 is 12.1 Å². The predicted molar refractivity (Wildman–Crippen MR) is 59.1 cm³/mol. The van der Waals surface area contributed by atoms with E-state index in [1.54, 1.807) is 4.90 Å². The van der Waals surface area contributed by atoms with E-state index in [2.05, 4.69) is 4.98 Å². The second kappa shape index (κ2) is 4.75. The van der Waals surface area contributed by atoms with Crippen molar-refractivity contribution in [1.82, 2.24) is 4.98 Å². The summed E-state index contributed by atoms with van der Waals surface area (Å²) in [7, 11) is 0. The number of alkyl halides is 3. The lowest BCUT2D eigenvalue weighted by Crippen LogP contribution is -2.34. The maximum absolute atomic E-state index is 12.7. The highest BCUT2D eigenvalue weighted by Crippen LogP contribution is 2.34. The molecule has 0 saturated carbocycles. The van der Waals surface area contributed by atoms with E-state index in [0.717, 1.165) is 12.8 Å². The van der Waals surface area contributed by atoms with Crippen LogP contribution >= 0.6 is 0 Å². The molecule has 19 heavy (non-hydrogen) atoms. The van der Waals surface area contributed by atoms with Crippen molar-refractivity contribution >= 4 is 12.0 Å². The van der Waals surface area contributed by atoms with Crippen LogP contribution in [0.5, 0.6) is 0 Å². The summed E-state index contributed by atoms with van der Waals surface area (Å²) >= 11 is 0. The summed E-state index contributed by atoms with van der Waals surface area (Å²) < 4.78 is 42.8. The van der Waals surface area contributed by atoms with Gasteiger partial charge in [0.25, 0.3) is 6.01 Å². The molecule has 0 spiro atoms. The molecule has 1 aromatic rings. The number of hydrogen-bond acceptors (Lipinski definition) is 4. The lowest BCUT2D eigenvalue weighted by atomic mass is 10.0. The van der Waals surface area contributed by atoms with E-state index >= 15 is 0 Å². The fourth-order valence-corrected chi connectivity index (χ4v) is 2.14. The Bertz CT molecular complexity index is 484. The van der Waals surface area contributed by atoms with Gasteiger partial charge in [0.1, 0.15) is 0 Å². The summed E-state index contributed by atoms with van der Waals surface area (Å²) in [6.45, 7) is 3.00. The molecule has 1 aliphatic rings. The molecule has 1 aromatic heterocycles. The zero-order valence-electron chi connectivity index (χ0n) is 10.2. The highest BCUT2D eigenvalue weighted by atomic mass is 19.4. The van der Waals surface area contributed by atoms with Gasteiger partial charge in [-0.1, -0.05) is 6.92 Å². The van der Waals surface area contributed by atoms with Gasteiger partial charge in [-0.3, -0.25) is 0 Å². The zero-order chi connectivity index (χ0) is 14.2. The number of anilines is 1. The van der Waals surface area contributed by atoms with E-state index in [9.17, 15) is 18.0 Å². The van der Waals surface area contributed by atoms with Gasteiger partial charge in [0.2, 0.25) is 5.76 Å². The summed E-state index contributed by atoms with van der Waals surface area (Å²) in [6, 6.07) is -0.267. The van der Waals surface area contributed by atoms with Crippen molar-refractivity contribution in [3.05, 3.63) is 11.5 Å². The van der Waals surface area contributed by atoms with Crippen LogP contribution in [0.3, 0.4) is 0 Å². The Morgan fingerprint density at radius 3 is 2.68 bits per heavy atom. The number of piperidine rings is 1. The number of halogens is 3. The molecule has 1 aliphatic heterocycles. The van der Waals surface area contributed by atoms with Gasteiger partial charge in [-0.15, -0.1) is 0 Å². The molecule has 0 bridgehead atoms. The third kappa shape index (κ3) is 2.82. The maximum atomic E-state index is 12.7. The summed E-state index contributed by atoms with van der Waals surface area (Å²) in [5.74, 6) is -2.61. The lowest BCUT2D eigenvalue weighted by molar-refractivity contribution is -0.141. The lowest BCUT2D eigenvalue weighted by Gasteiger charge is -2.29. The number of hydrogen-bond donors (Lipinski definition) is 1.